The first-order chi connectivity index (χ1) is 19.4. The number of rotatable bonds is 13. The van der Waals surface area contributed by atoms with E-state index in [1.807, 2.05) is 63.2 Å². The lowest BCUT2D eigenvalue weighted by atomic mass is 10.0. The minimum atomic E-state index is -3.84. The van der Waals surface area contributed by atoms with Gasteiger partial charge in [-0.05, 0) is 67.3 Å². The zero-order valence-electron chi connectivity index (χ0n) is 24.1. The average Bonchev–Trinajstić information content (AvgIpc) is 2.94. The van der Waals surface area contributed by atoms with Crippen LogP contribution in [0.15, 0.2) is 77.3 Å². The van der Waals surface area contributed by atoms with Crippen LogP contribution in [0.4, 0.5) is 5.69 Å². The summed E-state index contributed by atoms with van der Waals surface area (Å²) >= 11 is 3.45. The van der Waals surface area contributed by atoms with Gasteiger partial charge in [-0.1, -0.05) is 65.3 Å². The topological polar surface area (TPSA) is 96.0 Å². The Morgan fingerprint density at radius 2 is 1.68 bits per heavy atom. The van der Waals surface area contributed by atoms with Crippen molar-refractivity contribution in [3.63, 3.8) is 0 Å². The molecule has 1 N–H and O–H groups in total. The van der Waals surface area contributed by atoms with Crippen LogP contribution < -0.4 is 14.4 Å². The molecule has 0 unspecified atom stereocenters. The van der Waals surface area contributed by atoms with E-state index < -0.39 is 28.5 Å². The van der Waals surface area contributed by atoms with Gasteiger partial charge in [0.15, 0.2) is 0 Å². The number of hydrogen-bond donors (Lipinski definition) is 1. The first kappa shape index (κ1) is 32.1. The zero-order valence-corrected chi connectivity index (χ0v) is 26.5. The number of anilines is 1. The lowest BCUT2D eigenvalue weighted by Gasteiger charge is -2.34. The molecule has 3 aromatic rings. The summed E-state index contributed by atoms with van der Waals surface area (Å²) in [6.07, 6.45) is 2.05. The highest BCUT2D eigenvalue weighted by molar-refractivity contribution is 9.10. The summed E-state index contributed by atoms with van der Waals surface area (Å²) in [5, 5.41) is 3.03. The first-order valence-corrected chi connectivity index (χ1v) is 16.1. The molecule has 0 aliphatic rings. The SMILES string of the molecule is CC[C@H](C)NC(=O)[C@H](Cc1ccccc1)N(Cc1cccc(OC)c1)C(=O)CN(c1ccc(Br)c(C)c1)S(C)(=O)=O. The number of carbonyl (C=O) groups excluding carboxylic acids is 2. The third-order valence-electron chi connectivity index (χ3n) is 6.87. The summed E-state index contributed by atoms with van der Waals surface area (Å²) in [4.78, 5) is 29.4. The van der Waals surface area contributed by atoms with E-state index in [0.717, 1.165) is 38.1 Å². The van der Waals surface area contributed by atoms with Gasteiger partial charge >= 0.3 is 0 Å². The molecule has 0 spiro atoms. The summed E-state index contributed by atoms with van der Waals surface area (Å²) in [5.41, 5.74) is 2.82. The second kappa shape index (κ2) is 14.5. The Morgan fingerprint density at radius 3 is 2.29 bits per heavy atom. The number of nitrogens with one attached hydrogen (secondary N) is 1. The van der Waals surface area contributed by atoms with Crippen LogP contribution in [0.2, 0.25) is 0 Å². The van der Waals surface area contributed by atoms with E-state index in [9.17, 15) is 18.0 Å². The van der Waals surface area contributed by atoms with Crippen molar-refractivity contribution >= 4 is 43.5 Å². The van der Waals surface area contributed by atoms with Crippen LogP contribution >= 0.6 is 15.9 Å². The fourth-order valence-corrected chi connectivity index (χ4v) is 5.45. The predicted molar refractivity (Wildman–Crippen MR) is 166 cm³/mol. The zero-order chi connectivity index (χ0) is 30.2. The maximum Gasteiger partial charge on any atom is 0.244 e. The Bertz CT molecular complexity index is 1450. The van der Waals surface area contributed by atoms with Crippen LogP contribution in [0, 0.1) is 6.92 Å². The highest BCUT2D eigenvalue weighted by atomic mass is 79.9. The Morgan fingerprint density at radius 1 is 1.00 bits per heavy atom. The van der Waals surface area contributed by atoms with E-state index in [1.54, 1.807) is 37.4 Å². The molecule has 0 saturated heterocycles. The standard InChI is InChI=1S/C31H38BrN3O5S/c1-6-23(3)33-31(37)29(19-24-11-8-7-9-12-24)34(20-25-13-10-14-27(18-25)40-4)30(36)21-35(41(5,38)39)26-15-16-28(32)22(2)17-26/h7-18,23,29H,6,19-21H2,1-5H3,(H,33,37)/t23-,29-/m0/s1. The van der Waals surface area contributed by atoms with Gasteiger partial charge < -0.3 is 15.0 Å². The van der Waals surface area contributed by atoms with Crippen LogP contribution in [0.1, 0.15) is 37.0 Å². The molecule has 0 aromatic heterocycles. The largest absolute Gasteiger partial charge is 0.497 e. The molecule has 10 heteroatoms. The molecule has 0 aliphatic carbocycles. The highest BCUT2D eigenvalue weighted by Gasteiger charge is 2.33. The minimum Gasteiger partial charge on any atom is -0.497 e. The lowest BCUT2D eigenvalue weighted by Crippen LogP contribution is -2.54. The second-order valence-corrected chi connectivity index (χ2v) is 12.9. The minimum absolute atomic E-state index is 0.0818. The summed E-state index contributed by atoms with van der Waals surface area (Å²) < 4.78 is 33.2. The van der Waals surface area contributed by atoms with Gasteiger partial charge in [0.1, 0.15) is 18.3 Å². The van der Waals surface area contributed by atoms with Crippen LogP contribution in [0.3, 0.4) is 0 Å². The molecule has 8 nitrogen and oxygen atoms in total. The normalized spacial score (nSPS) is 12.7. The van der Waals surface area contributed by atoms with Crippen LogP contribution in [-0.2, 0) is 32.6 Å². The molecule has 2 atom stereocenters. The maximum atomic E-state index is 14.2. The smallest absolute Gasteiger partial charge is 0.244 e. The summed E-state index contributed by atoms with van der Waals surface area (Å²) in [5.74, 6) is -0.189. The molecule has 0 fully saturated rings. The van der Waals surface area contributed by atoms with E-state index in [2.05, 4.69) is 21.2 Å². The van der Waals surface area contributed by atoms with Gasteiger partial charge in [-0.25, -0.2) is 8.42 Å². The number of halogens is 1. The van der Waals surface area contributed by atoms with Gasteiger partial charge in [0.05, 0.1) is 19.1 Å². The maximum absolute atomic E-state index is 14.2. The molecule has 0 bridgehead atoms. The van der Waals surface area contributed by atoms with E-state index in [0.29, 0.717) is 11.4 Å². The molecule has 3 rings (SSSR count). The van der Waals surface area contributed by atoms with Crippen molar-refractivity contribution in [2.24, 2.45) is 0 Å². The second-order valence-electron chi connectivity index (χ2n) is 10.1. The molecule has 0 heterocycles. The Labute approximate surface area is 251 Å². The third-order valence-corrected chi connectivity index (χ3v) is 8.90. The van der Waals surface area contributed by atoms with Crippen molar-refractivity contribution in [2.75, 3.05) is 24.2 Å². The van der Waals surface area contributed by atoms with Crippen LogP contribution in [0.25, 0.3) is 0 Å². The van der Waals surface area contributed by atoms with E-state index in [1.165, 1.54) is 4.90 Å². The molecule has 0 saturated carbocycles. The fourth-order valence-electron chi connectivity index (χ4n) is 4.36. The average molecular weight is 645 g/mol. The number of benzene rings is 3. The summed E-state index contributed by atoms with van der Waals surface area (Å²) in [7, 11) is -2.28. The quantitative estimate of drug-likeness (QED) is 0.280. The van der Waals surface area contributed by atoms with Gasteiger partial charge in [-0.2, -0.15) is 0 Å². The van der Waals surface area contributed by atoms with Gasteiger partial charge in [0, 0.05) is 23.5 Å². The summed E-state index contributed by atoms with van der Waals surface area (Å²) in [6, 6.07) is 20.9. The fraction of sp³-hybridized carbons (Fsp3) is 0.355. The van der Waals surface area contributed by atoms with Crippen molar-refractivity contribution in [3.8, 4) is 5.75 Å². The number of carbonyl (C=O) groups is 2. The van der Waals surface area contributed by atoms with Crippen molar-refractivity contribution in [1.29, 1.82) is 0 Å². The van der Waals surface area contributed by atoms with Crippen molar-refractivity contribution < 1.29 is 22.7 Å². The third kappa shape index (κ3) is 9.06. The molecule has 3 aromatic carbocycles. The van der Waals surface area contributed by atoms with Gasteiger partial charge in [0.2, 0.25) is 21.8 Å². The van der Waals surface area contributed by atoms with E-state index >= 15 is 0 Å². The Balaban J connectivity index is 2.08. The monoisotopic (exact) mass is 643 g/mol. The van der Waals surface area contributed by atoms with E-state index in [-0.39, 0.29) is 24.9 Å². The molecule has 2 amide bonds. The van der Waals surface area contributed by atoms with Gasteiger partial charge in [0.25, 0.3) is 0 Å². The lowest BCUT2D eigenvalue weighted by molar-refractivity contribution is -0.140. The predicted octanol–water partition coefficient (Wildman–Crippen LogP) is 5.09. The van der Waals surface area contributed by atoms with Gasteiger partial charge in [-0.3, -0.25) is 13.9 Å². The number of nitrogens with zero attached hydrogens (tertiary/aromatic N) is 2. The molecule has 0 radical (unpaired) electrons. The van der Waals surface area contributed by atoms with E-state index in [4.69, 9.17) is 4.74 Å². The number of methoxy groups -OCH3 is 1. The Hall–Kier alpha value is -3.37. The highest BCUT2D eigenvalue weighted by Crippen LogP contribution is 2.26. The number of ether oxygens (including phenoxy) is 1. The molecule has 220 valence electrons. The molecule has 0 aliphatic heterocycles. The van der Waals surface area contributed by atoms with Crippen molar-refractivity contribution in [1.82, 2.24) is 10.2 Å². The van der Waals surface area contributed by atoms with Crippen molar-refractivity contribution in [2.45, 2.75) is 52.2 Å². The molecule has 41 heavy (non-hydrogen) atoms. The van der Waals surface area contributed by atoms with Crippen LogP contribution in [0.5, 0.6) is 5.75 Å². The van der Waals surface area contributed by atoms with Gasteiger partial charge in [-0.15, -0.1) is 0 Å². The molecular weight excluding hydrogens is 606 g/mol. The summed E-state index contributed by atoms with van der Waals surface area (Å²) in [6.45, 7) is 5.34. The number of aryl methyl sites for hydroxylation is 1. The Kier molecular flexibility index (Phi) is 11.4. The van der Waals surface area contributed by atoms with Crippen molar-refractivity contribution in [3.05, 3.63) is 94.0 Å². The number of amides is 2. The number of sulfonamides is 1. The first-order valence-electron chi connectivity index (χ1n) is 13.4. The van der Waals surface area contributed by atoms with Crippen LogP contribution in [-0.4, -0.2) is 57.1 Å². The molecular formula is C31H38BrN3O5S. The number of hydrogen-bond acceptors (Lipinski definition) is 5.